The molecular weight excluding hydrogens is 294 g/mol. The van der Waals surface area contributed by atoms with E-state index in [0.29, 0.717) is 10.2 Å². The van der Waals surface area contributed by atoms with Crippen molar-refractivity contribution in [3.05, 3.63) is 58.0 Å². The molecule has 1 unspecified atom stereocenters. The Morgan fingerprint density at radius 1 is 1.29 bits per heavy atom. The smallest absolute Gasteiger partial charge is 0.174 e. The molecule has 2 rings (SSSR count). The second kappa shape index (κ2) is 4.98. The second-order valence-electron chi connectivity index (χ2n) is 3.61. The van der Waals surface area contributed by atoms with Crippen molar-refractivity contribution < 1.29 is 18.3 Å². The lowest BCUT2D eigenvalue weighted by Crippen LogP contribution is -2.03. The molecule has 1 atom stereocenters. The summed E-state index contributed by atoms with van der Waals surface area (Å²) in [6, 6.07) is 4.88. The molecule has 1 aromatic carbocycles. The number of hydrogen-bond acceptors (Lipinski definition) is 2. The molecule has 17 heavy (non-hydrogen) atoms. The summed E-state index contributed by atoms with van der Waals surface area (Å²) in [7, 11) is 0. The second-order valence-corrected chi connectivity index (χ2v) is 4.33. The van der Waals surface area contributed by atoms with Gasteiger partial charge in [-0.2, -0.15) is 0 Å². The molecule has 0 fully saturated rings. The van der Waals surface area contributed by atoms with E-state index in [9.17, 15) is 13.9 Å². The lowest BCUT2D eigenvalue weighted by atomic mass is 10.0. The summed E-state index contributed by atoms with van der Waals surface area (Å²) in [5.41, 5.74) is 0.792. The first-order chi connectivity index (χ1) is 8.08. The van der Waals surface area contributed by atoms with Crippen LogP contribution in [0.2, 0.25) is 0 Å². The number of hydrogen-bond donors (Lipinski definition) is 1. The summed E-state index contributed by atoms with van der Waals surface area (Å²) in [5.74, 6) is -1.30. The summed E-state index contributed by atoms with van der Waals surface area (Å²) in [6.07, 6.45) is 0.580. The minimum absolute atomic E-state index is 0.0598. The van der Waals surface area contributed by atoms with Crippen molar-refractivity contribution in [3.8, 4) is 0 Å². The number of furan rings is 1. The van der Waals surface area contributed by atoms with Crippen molar-refractivity contribution in [2.75, 3.05) is 0 Å². The number of rotatable bonds is 3. The van der Waals surface area contributed by atoms with Crippen molar-refractivity contribution in [1.29, 1.82) is 0 Å². The summed E-state index contributed by atoms with van der Waals surface area (Å²) >= 11 is 3.13. The zero-order valence-corrected chi connectivity index (χ0v) is 10.2. The predicted octanol–water partition coefficient (Wildman–Crippen LogP) is 3.60. The monoisotopic (exact) mass is 302 g/mol. The first kappa shape index (κ1) is 12.3. The number of benzene rings is 1. The SMILES string of the molecule is OC(Cc1ccc(F)cc1F)c1ccoc1Br. The largest absolute Gasteiger partial charge is 0.457 e. The van der Waals surface area contributed by atoms with Gasteiger partial charge in [-0.05, 0) is 33.6 Å². The topological polar surface area (TPSA) is 33.4 Å². The van der Waals surface area contributed by atoms with Crippen LogP contribution in [0.1, 0.15) is 17.2 Å². The Morgan fingerprint density at radius 2 is 2.06 bits per heavy atom. The number of aliphatic hydroxyl groups is 1. The molecule has 5 heteroatoms. The quantitative estimate of drug-likeness (QED) is 0.940. The van der Waals surface area contributed by atoms with Gasteiger partial charge in [-0.1, -0.05) is 6.07 Å². The molecule has 2 aromatic rings. The number of halogens is 3. The summed E-state index contributed by atoms with van der Waals surface area (Å²) < 4.78 is 31.4. The summed E-state index contributed by atoms with van der Waals surface area (Å²) in [6.45, 7) is 0. The van der Waals surface area contributed by atoms with Gasteiger partial charge in [0, 0.05) is 18.1 Å². The Labute approximate surface area is 105 Å². The first-order valence-corrected chi connectivity index (χ1v) is 5.72. The van der Waals surface area contributed by atoms with E-state index in [0.717, 1.165) is 12.1 Å². The van der Waals surface area contributed by atoms with Gasteiger partial charge in [0.05, 0.1) is 12.4 Å². The van der Waals surface area contributed by atoms with E-state index in [-0.39, 0.29) is 12.0 Å². The third-order valence-corrected chi connectivity index (χ3v) is 3.08. The molecule has 0 aliphatic heterocycles. The Balaban J connectivity index is 2.19. The fraction of sp³-hybridized carbons (Fsp3) is 0.167. The Hall–Kier alpha value is -1.20. The summed E-state index contributed by atoms with van der Waals surface area (Å²) in [5, 5.41) is 9.89. The van der Waals surface area contributed by atoms with Crippen molar-refractivity contribution in [1.82, 2.24) is 0 Å². The van der Waals surface area contributed by atoms with Crippen LogP contribution in [0, 0.1) is 11.6 Å². The molecule has 0 saturated heterocycles. The van der Waals surface area contributed by atoms with E-state index < -0.39 is 17.7 Å². The fourth-order valence-corrected chi connectivity index (χ4v) is 2.05. The molecule has 0 amide bonds. The van der Waals surface area contributed by atoms with Crippen LogP contribution in [-0.2, 0) is 6.42 Å². The first-order valence-electron chi connectivity index (χ1n) is 4.93. The standard InChI is InChI=1S/C12H9BrF2O2/c13-12-9(3-4-17-12)11(16)5-7-1-2-8(14)6-10(7)15/h1-4,6,11,16H,5H2. The highest BCUT2D eigenvalue weighted by atomic mass is 79.9. The molecule has 0 saturated carbocycles. The van der Waals surface area contributed by atoms with Gasteiger partial charge >= 0.3 is 0 Å². The highest BCUT2D eigenvalue weighted by Crippen LogP contribution is 2.27. The molecule has 1 N–H and O–H groups in total. The maximum Gasteiger partial charge on any atom is 0.174 e. The van der Waals surface area contributed by atoms with Crippen LogP contribution in [0.15, 0.2) is 39.6 Å². The van der Waals surface area contributed by atoms with E-state index in [4.69, 9.17) is 4.42 Å². The fourth-order valence-electron chi connectivity index (χ4n) is 1.55. The van der Waals surface area contributed by atoms with E-state index in [1.165, 1.54) is 12.3 Å². The van der Waals surface area contributed by atoms with Gasteiger partial charge in [-0.15, -0.1) is 0 Å². The maximum atomic E-state index is 13.4. The normalized spacial score (nSPS) is 12.7. The molecule has 0 radical (unpaired) electrons. The van der Waals surface area contributed by atoms with Gasteiger partial charge in [-0.25, -0.2) is 8.78 Å². The van der Waals surface area contributed by atoms with Crippen LogP contribution >= 0.6 is 15.9 Å². The van der Waals surface area contributed by atoms with E-state index in [2.05, 4.69) is 15.9 Å². The van der Waals surface area contributed by atoms with Crippen LogP contribution < -0.4 is 0 Å². The maximum absolute atomic E-state index is 13.4. The van der Waals surface area contributed by atoms with Crippen molar-refractivity contribution in [3.63, 3.8) is 0 Å². The molecular formula is C12H9BrF2O2. The van der Waals surface area contributed by atoms with Gasteiger partial charge in [-0.3, -0.25) is 0 Å². The van der Waals surface area contributed by atoms with Crippen LogP contribution in [0.5, 0.6) is 0 Å². The number of aliphatic hydroxyl groups excluding tert-OH is 1. The zero-order valence-electron chi connectivity index (χ0n) is 8.66. The van der Waals surface area contributed by atoms with Gasteiger partial charge < -0.3 is 9.52 Å². The summed E-state index contributed by atoms with van der Waals surface area (Å²) in [4.78, 5) is 0. The van der Waals surface area contributed by atoms with Gasteiger partial charge in [0.25, 0.3) is 0 Å². The predicted molar refractivity (Wildman–Crippen MR) is 61.4 cm³/mol. The van der Waals surface area contributed by atoms with Crippen LogP contribution in [0.4, 0.5) is 8.78 Å². The Bertz CT molecular complexity index is 525. The van der Waals surface area contributed by atoms with Gasteiger partial charge in [0.15, 0.2) is 4.67 Å². The molecule has 0 spiro atoms. The zero-order chi connectivity index (χ0) is 12.4. The van der Waals surface area contributed by atoms with E-state index in [1.54, 1.807) is 6.07 Å². The van der Waals surface area contributed by atoms with Crippen molar-refractivity contribution in [2.24, 2.45) is 0 Å². The molecule has 1 heterocycles. The molecule has 2 nitrogen and oxygen atoms in total. The third kappa shape index (κ3) is 2.73. The molecule has 0 bridgehead atoms. The molecule has 0 aliphatic rings. The van der Waals surface area contributed by atoms with E-state index >= 15 is 0 Å². The van der Waals surface area contributed by atoms with Crippen molar-refractivity contribution >= 4 is 15.9 Å². The van der Waals surface area contributed by atoms with Gasteiger partial charge in [0.1, 0.15) is 11.6 Å². The highest BCUT2D eigenvalue weighted by molar-refractivity contribution is 9.10. The van der Waals surface area contributed by atoms with Crippen LogP contribution in [0.25, 0.3) is 0 Å². The van der Waals surface area contributed by atoms with Crippen LogP contribution in [-0.4, -0.2) is 5.11 Å². The molecule has 90 valence electrons. The average Bonchev–Trinajstić information content (AvgIpc) is 2.68. The van der Waals surface area contributed by atoms with Gasteiger partial charge in [0.2, 0.25) is 0 Å². The minimum Gasteiger partial charge on any atom is -0.457 e. The highest BCUT2D eigenvalue weighted by Gasteiger charge is 2.16. The molecule has 0 aliphatic carbocycles. The Kier molecular flexibility index (Phi) is 3.59. The lowest BCUT2D eigenvalue weighted by Gasteiger charge is -2.10. The van der Waals surface area contributed by atoms with Crippen molar-refractivity contribution in [2.45, 2.75) is 12.5 Å². The average molecular weight is 303 g/mol. The van der Waals surface area contributed by atoms with E-state index in [1.807, 2.05) is 0 Å². The Morgan fingerprint density at radius 3 is 2.65 bits per heavy atom. The van der Waals surface area contributed by atoms with Crippen LogP contribution in [0.3, 0.4) is 0 Å². The molecule has 1 aromatic heterocycles. The minimum atomic E-state index is -0.900. The third-order valence-electron chi connectivity index (χ3n) is 2.43. The lowest BCUT2D eigenvalue weighted by molar-refractivity contribution is 0.175.